The topological polar surface area (TPSA) is 57.9 Å². The Morgan fingerprint density at radius 2 is 2.28 bits per heavy atom. The van der Waals surface area contributed by atoms with Crippen molar-refractivity contribution in [1.29, 1.82) is 5.26 Å². The fourth-order valence-corrected chi connectivity index (χ4v) is 2.37. The third-order valence-corrected chi connectivity index (χ3v) is 3.29. The number of nitrogens with zero attached hydrogens (tertiary/aromatic N) is 2. The lowest BCUT2D eigenvalue weighted by Crippen LogP contribution is -2.02. The molecule has 1 N–H and O–H groups in total. The Hall–Kier alpha value is -1.80. The molecular formula is C13H12BrN3O. The number of anilines is 1. The summed E-state index contributed by atoms with van der Waals surface area (Å²) in [7, 11) is 1.61. The Morgan fingerprint density at radius 1 is 1.50 bits per heavy atom. The van der Waals surface area contributed by atoms with Gasteiger partial charge in [0.2, 0.25) is 0 Å². The zero-order chi connectivity index (χ0) is 13.1. The van der Waals surface area contributed by atoms with Gasteiger partial charge in [-0.25, -0.2) is 0 Å². The van der Waals surface area contributed by atoms with Crippen molar-refractivity contribution in [3.63, 3.8) is 0 Å². The van der Waals surface area contributed by atoms with Gasteiger partial charge < -0.3 is 10.1 Å². The molecular weight excluding hydrogens is 294 g/mol. The molecule has 18 heavy (non-hydrogen) atoms. The zero-order valence-corrected chi connectivity index (χ0v) is 11.7. The second kappa shape index (κ2) is 5.23. The molecule has 1 aromatic carbocycles. The number of ether oxygens (including phenoxy) is 1. The highest BCUT2D eigenvalue weighted by atomic mass is 79.9. The molecule has 0 saturated carbocycles. The van der Waals surface area contributed by atoms with Crippen LogP contribution in [-0.2, 0) is 0 Å². The molecule has 0 amide bonds. The molecule has 0 atom stereocenters. The number of nitriles is 1. The lowest BCUT2D eigenvalue weighted by Gasteiger charge is -2.13. The van der Waals surface area contributed by atoms with E-state index < -0.39 is 0 Å². The smallest absolute Gasteiger partial charge is 0.145 e. The lowest BCUT2D eigenvalue weighted by molar-refractivity contribution is 0.419. The molecule has 1 aromatic heterocycles. The fourth-order valence-electron chi connectivity index (χ4n) is 1.85. The van der Waals surface area contributed by atoms with Gasteiger partial charge in [0.05, 0.1) is 18.4 Å². The van der Waals surface area contributed by atoms with E-state index in [2.05, 4.69) is 32.3 Å². The average molecular weight is 306 g/mol. The Kier molecular flexibility index (Phi) is 3.68. The predicted molar refractivity (Wildman–Crippen MR) is 74.9 cm³/mol. The maximum atomic E-state index is 9.15. The van der Waals surface area contributed by atoms with Crippen LogP contribution in [0.1, 0.15) is 12.5 Å². The van der Waals surface area contributed by atoms with E-state index in [0.717, 1.165) is 27.6 Å². The maximum Gasteiger partial charge on any atom is 0.145 e. The number of hydrogen-bond acceptors (Lipinski definition) is 4. The van der Waals surface area contributed by atoms with E-state index in [-0.39, 0.29) is 0 Å². The molecule has 0 aliphatic carbocycles. The molecule has 92 valence electrons. The standard InChI is InChI=1S/C13H12BrN3O/c1-3-16-12-8(6-15)7-17-13-10(18-2)5-4-9(14)11(12)13/h4-5,7H,3H2,1-2H3,(H,16,17). The summed E-state index contributed by atoms with van der Waals surface area (Å²) in [6, 6.07) is 5.89. The van der Waals surface area contributed by atoms with Crippen LogP contribution in [0.3, 0.4) is 0 Å². The van der Waals surface area contributed by atoms with Gasteiger partial charge in [0.15, 0.2) is 0 Å². The molecule has 4 nitrogen and oxygen atoms in total. The summed E-state index contributed by atoms with van der Waals surface area (Å²) < 4.78 is 6.18. The highest BCUT2D eigenvalue weighted by Crippen LogP contribution is 2.36. The number of aromatic nitrogens is 1. The van der Waals surface area contributed by atoms with Crippen LogP contribution in [0.25, 0.3) is 10.9 Å². The largest absolute Gasteiger partial charge is 0.494 e. The first-order valence-electron chi connectivity index (χ1n) is 5.52. The monoisotopic (exact) mass is 305 g/mol. The van der Waals surface area contributed by atoms with Gasteiger partial charge in [-0.05, 0) is 19.1 Å². The van der Waals surface area contributed by atoms with E-state index in [4.69, 9.17) is 10.00 Å². The van der Waals surface area contributed by atoms with Crippen molar-refractivity contribution in [3.8, 4) is 11.8 Å². The van der Waals surface area contributed by atoms with E-state index in [0.29, 0.717) is 11.3 Å². The van der Waals surface area contributed by atoms with Gasteiger partial charge in [-0.2, -0.15) is 5.26 Å². The van der Waals surface area contributed by atoms with Crippen LogP contribution in [0.2, 0.25) is 0 Å². The van der Waals surface area contributed by atoms with Gasteiger partial charge in [0.1, 0.15) is 17.3 Å². The molecule has 0 saturated heterocycles. The third-order valence-electron chi connectivity index (χ3n) is 2.63. The van der Waals surface area contributed by atoms with Gasteiger partial charge in [0, 0.05) is 22.6 Å². The number of hydrogen-bond donors (Lipinski definition) is 1. The van der Waals surface area contributed by atoms with Gasteiger partial charge in [-0.3, -0.25) is 4.98 Å². The number of benzene rings is 1. The molecule has 1 heterocycles. The number of methoxy groups -OCH3 is 1. The number of rotatable bonds is 3. The van der Waals surface area contributed by atoms with Crippen LogP contribution >= 0.6 is 15.9 Å². The van der Waals surface area contributed by atoms with Crippen LogP contribution in [-0.4, -0.2) is 18.6 Å². The SMILES string of the molecule is CCNc1c(C#N)cnc2c(OC)ccc(Br)c12. The van der Waals surface area contributed by atoms with Crippen LogP contribution in [0.4, 0.5) is 5.69 Å². The summed E-state index contributed by atoms with van der Waals surface area (Å²) in [6.45, 7) is 2.72. The molecule has 0 spiro atoms. The minimum Gasteiger partial charge on any atom is -0.494 e. The zero-order valence-electron chi connectivity index (χ0n) is 10.1. The number of halogens is 1. The second-order valence-electron chi connectivity index (χ2n) is 3.66. The van der Waals surface area contributed by atoms with Gasteiger partial charge in [-0.1, -0.05) is 15.9 Å². The molecule has 0 aliphatic heterocycles. The quantitative estimate of drug-likeness (QED) is 0.945. The van der Waals surface area contributed by atoms with E-state index >= 15 is 0 Å². The number of fused-ring (bicyclic) bond motifs is 1. The van der Waals surface area contributed by atoms with E-state index in [1.807, 2.05) is 19.1 Å². The summed E-state index contributed by atoms with van der Waals surface area (Å²) in [5, 5.41) is 13.2. The molecule has 2 aromatic rings. The van der Waals surface area contributed by atoms with Gasteiger partial charge >= 0.3 is 0 Å². The molecule has 0 unspecified atom stereocenters. The van der Waals surface area contributed by atoms with E-state index in [9.17, 15) is 0 Å². The van der Waals surface area contributed by atoms with Crippen molar-refractivity contribution in [3.05, 3.63) is 28.4 Å². The number of pyridine rings is 1. The Bertz CT molecular complexity index is 634. The lowest BCUT2D eigenvalue weighted by atomic mass is 10.1. The highest BCUT2D eigenvalue weighted by Gasteiger charge is 2.14. The van der Waals surface area contributed by atoms with Crippen molar-refractivity contribution in [2.24, 2.45) is 0 Å². The number of nitrogens with one attached hydrogen (secondary N) is 1. The molecule has 0 fully saturated rings. The summed E-state index contributed by atoms with van der Waals surface area (Å²) >= 11 is 3.50. The van der Waals surface area contributed by atoms with Crippen molar-refractivity contribution >= 4 is 32.5 Å². The predicted octanol–water partition coefficient (Wildman–Crippen LogP) is 3.31. The summed E-state index contributed by atoms with van der Waals surface area (Å²) in [5.74, 6) is 0.692. The minimum atomic E-state index is 0.526. The molecule has 0 bridgehead atoms. The third kappa shape index (κ3) is 2.00. The maximum absolute atomic E-state index is 9.15. The van der Waals surface area contributed by atoms with Crippen molar-refractivity contribution in [2.75, 3.05) is 19.0 Å². The van der Waals surface area contributed by atoms with E-state index in [1.54, 1.807) is 13.3 Å². The van der Waals surface area contributed by atoms with Gasteiger partial charge in [-0.15, -0.1) is 0 Å². The van der Waals surface area contributed by atoms with E-state index in [1.165, 1.54) is 0 Å². The van der Waals surface area contributed by atoms with Crippen molar-refractivity contribution in [1.82, 2.24) is 4.98 Å². The van der Waals surface area contributed by atoms with Crippen molar-refractivity contribution in [2.45, 2.75) is 6.92 Å². The second-order valence-corrected chi connectivity index (χ2v) is 4.52. The minimum absolute atomic E-state index is 0.526. The molecule has 0 radical (unpaired) electrons. The molecule has 2 rings (SSSR count). The highest BCUT2D eigenvalue weighted by molar-refractivity contribution is 9.10. The van der Waals surface area contributed by atoms with Crippen molar-refractivity contribution < 1.29 is 4.74 Å². The summed E-state index contributed by atoms with van der Waals surface area (Å²) in [4.78, 5) is 4.31. The fraction of sp³-hybridized carbons (Fsp3) is 0.231. The Morgan fingerprint density at radius 3 is 2.89 bits per heavy atom. The summed E-state index contributed by atoms with van der Waals surface area (Å²) in [5.41, 5.74) is 2.05. The average Bonchev–Trinajstić information content (AvgIpc) is 2.39. The van der Waals surface area contributed by atoms with Crippen LogP contribution in [0, 0.1) is 11.3 Å². The first-order valence-corrected chi connectivity index (χ1v) is 6.31. The first-order chi connectivity index (χ1) is 8.72. The normalized spacial score (nSPS) is 10.1. The molecule has 5 heteroatoms. The molecule has 0 aliphatic rings. The van der Waals surface area contributed by atoms with Gasteiger partial charge in [0.25, 0.3) is 0 Å². The summed E-state index contributed by atoms with van der Waals surface area (Å²) in [6.07, 6.45) is 1.56. The Balaban J connectivity index is 2.87. The first kappa shape index (κ1) is 12.7. The van der Waals surface area contributed by atoms with Crippen LogP contribution < -0.4 is 10.1 Å². The van der Waals surface area contributed by atoms with Crippen LogP contribution in [0.15, 0.2) is 22.8 Å². The van der Waals surface area contributed by atoms with Crippen LogP contribution in [0.5, 0.6) is 5.75 Å². The Labute approximate surface area is 114 Å².